The van der Waals surface area contributed by atoms with Crippen molar-refractivity contribution in [1.82, 2.24) is 0 Å². The largest absolute Gasteiger partial charge is 0.462 e. The summed E-state index contributed by atoms with van der Waals surface area (Å²) in [5.41, 5.74) is 5.74. The van der Waals surface area contributed by atoms with Gasteiger partial charge in [-0.2, -0.15) is 8.78 Å². The molecule has 0 aliphatic carbocycles. The summed E-state index contributed by atoms with van der Waals surface area (Å²) in [6.07, 6.45) is 0. The summed E-state index contributed by atoms with van der Waals surface area (Å²) in [6, 6.07) is 10.4. The number of nitrogens with two attached hydrogens (primary N) is 1. The lowest BCUT2D eigenvalue weighted by Crippen LogP contribution is -2.41. The van der Waals surface area contributed by atoms with Crippen LogP contribution in [-0.2, 0) is 9.53 Å². The molecule has 0 fully saturated rings. The van der Waals surface area contributed by atoms with Crippen LogP contribution in [0.15, 0.2) is 42.5 Å². The highest BCUT2D eigenvalue weighted by Crippen LogP contribution is 2.32. The molecule has 0 aromatic heterocycles. The molecule has 0 saturated heterocycles. The minimum atomic E-state index is -3.75. The molecule has 0 bridgehead atoms. The third-order valence-corrected chi connectivity index (χ3v) is 3.07. The number of esters is 1. The number of carbonyl (C=O) groups excluding carboxylic acids is 1. The quantitative estimate of drug-likeness (QED) is 0.875. The Bertz CT molecular complexity index is 628. The Morgan fingerprint density at radius 3 is 2.55 bits per heavy atom. The molecule has 0 aliphatic heterocycles. The van der Waals surface area contributed by atoms with Crippen molar-refractivity contribution >= 4 is 16.7 Å². The number of ether oxygens (including phenoxy) is 1. The van der Waals surface area contributed by atoms with Gasteiger partial charge in [-0.1, -0.05) is 36.4 Å². The van der Waals surface area contributed by atoms with E-state index in [1.54, 1.807) is 24.3 Å². The maximum atomic E-state index is 13.9. The minimum absolute atomic E-state index is 0.112. The van der Waals surface area contributed by atoms with Gasteiger partial charge in [0.2, 0.25) is 0 Å². The second kappa shape index (κ2) is 5.54. The van der Waals surface area contributed by atoms with Crippen LogP contribution in [0.4, 0.5) is 8.78 Å². The Hall–Kier alpha value is -2.01. The fourth-order valence-corrected chi connectivity index (χ4v) is 1.96. The molecule has 2 aromatic carbocycles. The van der Waals surface area contributed by atoms with E-state index in [1.807, 2.05) is 12.1 Å². The third kappa shape index (κ3) is 2.63. The summed E-state index contributed by atoms with van der Waals surface area (Å²) in [5, 5.41) is 1.71. The first-order valence-corrected chi connectivity index (χ1v) is 6.26. The number of benzene rings is 2. The molecule has 0 saturated carbocycles. The molecule has 0 heterocycles. The standard InChI is InChI=1S/C15H15F2NO2/c1-2-20-14(19)15(16,17)13(18)12-8-7-10-5-3-4-6-11(10)9-12/h3-9,13H,2,18H2,1H3/t13-/m1/s1. The highest BCUT2D eigenvalue weighted by Gasteiger charge is 2.47. The number of carbonyl (C=O) groups is 1. The summed E-state index contributed by atoms with van der Waals surface area (Å²) in [4.78, 5) is 11.3. The van der Waals surface area contributed by atoms with Gasteiger partial charge in [-0.25, -0.2) is 4.79 Å². The molecule has 1 atom stereocenters. The van der Waals surface area contributed by atoms with E-state index in [0.717, 1.165) is 10.8 Å². The van der Waals surface area contributed by atoms with Crippen LogP contribution in [0.25, 0.3) is 10.8 Å². The van der Waals surface area contributed by atoms with Crippen LogP contribution in [0.1, 0.15) is 18.5 Å². The van der Waals surface area contributed by atoms with Crippen molar-refractivity contribution in [1.29, 1.82) is 0 Å². The van der Waals surface area contributed by atoms with E-state index in [2.05, 4.69) is 4.74 Å². The van der Waals surface area contributed by atoms with Crippen molar-refractivity contribution in [3.05, 3.63) is 48.0 Å². The Kier molecular flexibility index (Phi) is 3.99. The molecule has 20 heavy (non-hydrogen) atoms. The highest BCUT2D eigenvalue weighted by atomic mass is 19.3. The van der Waals surface area contributed by atoms with Crippen LogP contribution in [0.5, 0.6) is 0 Å². The van der Waals surface area contributed by atoms with Gasteiger partial charge in [-0.05, 0) is 29.3 Å². The predicted molar refractivity (Wildman–Crippen MR) is 72.5 cm³/mol. The van der Waals surface area contributed by atoms with E-state index in [0.29, 0.717) is 0 Å². The van der Waals surface area contributed by atoms with Gasteiger partial charge in [0, 0.05) is 0 Å². The first-order chi connectivity index (χ1) is 9.46. The Morgan fingerprint density at radius 1 is 1.25 bits per heavy atom. The first-order valence-electron chi connectivity index (χ1n) is 6.26. The van der Waals surface area contributed by atoms with Gasteiger partial charge in [0.25, 0.3) is 0 Å². The van der Waals surface area contributed by atoms with Gasteiger partial charge < -0.3 is 10.5 Å². The zero-order valence-electron chi connectivity index (χ0n) is 11.0. The van der Waals surface area contributed by atoms with E-state index in [1.165, 1.54) is 13.0 Å². The van der Waals surface area contributed by atoms with Crippen LogP contribution in [0, 0.1) is 0 Å². The fraction of sp³-hybridized carbons (Fsp3) is 0.267. The number of hydrogen-bond acceptors (Lipinski definition) is 3. The molecule has 2 aromatic rings. The summed E-state index contributed by atoms with van der Waals surface area (Å²) in [5.74, 6) is -5.35. The Morgan fingerprint density at radius 2 is 1.90 bits per heavy atom. The molecule has 3 nitrogen and oxygen atoms in total. The zero-order valence-corrected chi connectivity index (χ0v) is 11.0. The molecule has 0 spiro atoms. The number of hydrogen-bond donors (Lipinski definition) is 1. The number of halogens is 2. The van der Waals surface area contributed by atoms with E-state index in [9.17, 15) is 13.6 Å². The Balaban J connectivity index is 2.35. The van der Waals surface area contributed by atoms with E-state index < -0.39 is 17.9 Å². The molecule has 0 unspecified atom stereocenters. The second-order valence-corrected chi connectivity index (χ2v) is 4.43. The van der Waals surface area contributed by atoms with E-state index in [4.69, 9.17) is 5.73 Å². The van der Waals surface area contributed by atoms with Crippen molar-refractivity contribution in [2.45, 2.75) is 18.9 Å². The third-order valence-electron chi connectivity index (χ3n) is 3.07. The lowest BCUT2D eigenvalue weighted by Gasteiger charge is -2.22. The van der Waals surface area contributed by atoms with Gasteiger partial charge in [0.05, 0.1) is 6.61 Å². The smallest absolute Gasteiger partial charge is 0.379 e. The SMILES string of the molecule is CCOC(=O)C(F)(F)[C@H](N)c1ccc2ccccc2c1. The second-order valence-electron chi connectivity index (χ2n) is 4.43. The van der Waals surface area contributed by atoms with Crippen molar-refractivity contribution in [3.8, 4) is 0 Å². The average molecular weight is 279 g/mol. The van der Waals surface area contributed by atoms with Gasteiger partial charge in [-0.15, -0.1) is 0 Å². The zero-order chi connectivity index (χ0) is 14.8. The molecule has 106 valence electrons. The molecule has 0 radical (unpaired) electrons. The molecule has 2 rings (SSSR count). The molecule has 0 aliphatic rings. The molecule has 0 amide bonds. The van der Waals surface area contributed by atoms with Crippen LogP contribution in [0.2, 0.25) is 0 Å². The number of alkyl halides is 2. The lowest BCUT2D eigenvalue weighted by atomic mass is 9.98. The average Bonchev–Trinajstić information content (AvgIpc) is 2.46. The monoisotopic (exact) mass is 279 g/mol. The van der Waals surface area contributed by atoms with Crippen molar-refractivity contribution in [2.75, 3.05) is 6.61 Å². The van der Waals surface area contributed by atoms with Crippen molar-refractivity contribution < 1.29 is 18.3 Å². The van der Waals surface area contributed by atoms with Crippen molar-refractivity contribution in [2.24, 2.45) is 5.73 Å². The summed E-state index contributed by atoms with van der Waals surface area (Å²) < 4.78 is 32.1. The summed E-state index contributed by atoms with van der Waals surface area (Å²) >= 11 is 0. The van der Waals surface area contributed by atoms with Crippen LogP contribution in [-0.4, -0.2) is 18.5 Å². The Labute approximate surface area is 115 Å². The molecular formula is C15H15F2NO2. The van der Waals surface area contributed by atoms with Gasteiger partial charge >= 0.3 is 11.9 Å². The topological polar surface area (TPSA) is 52.3 Å². The number of rotatable bonds is 4. The normalized spacial score (nSPS) is 13.2. The van der Waals surface area contributed by atoms with Crippen molar-refractivity contribution in [3.63, 3.8) is 0 Å². The maximum Gasteiger partial charge on any atom is 0.379 e. The maximum absolute atomic E-state index is 13.9. The first kappa shape index (κ1) is 14.4. The van der Waals surface area contributed by atoms with Gasteiger partial charge in [0.15, 0.2) is 0 Å². The van der Waals surface area contributed by atoms with Crippen LogP contribution < -0.4 is 5.73 Å². The molecule has 2 N–H and O–H groups in total. The summed E-state index contributed by atoms with van der Waals surface area (Å²) in [7, 11) is 0. The lowest BCUT2D eigenvalue weighted by molar-refractivity contribution is -0.174. The molecule has 5 heteroatoms. The van der Waals surface area contributed by atoms with E-state index >= 15 is 0 Å². The van der Waals surface area contributed by atoms with Gasteiger partial charge in [0.1, 0.15) is 6.04 Å². The fourth-order valence-electron chi connectivity index (χ4n) is 1.96. The summed E-state index contributed by atoms with van der Waals surface area (Å²) in [6.45, 7) is 1.36. The predicted octanol–water partition coefficient (Wildman–Crippen LogP) is 3.04. The minimum Gasteiger partial charge on any atom is -0.462 e. The highest BCUT2D eigenvalue weighted by molar-refractivity contribution is 5.84. The number of fused-ring (bicyclic) bond motifs is 1. The van der Waals surface area contributed by atoms with Gasteiger partial charge in [-0.3, -0.25) is 0 Å². The van der Waals surface area contributed by atoms with Crippen LogP contribution >= 0.6 is 0 Å². The van der Waals surface area contributed by atoms with Crippen LogP contribution in [0.3, 0.4) is 0 Å². The van der Waals surface area contributed by atoms with E-state index in [-0.39, 0.29) is 12.2 Å². The molecular weight excluding hydrogens is 264 g/mol.